The van der Waals surface area contributed by atoms with Crippen molar-refractivity contribution in [3.05, 3.63) is 51.3 Å². The van der Waals surface area contributed by atoms with Crippen molar-refractivity contribution >= 4 is 15.9 Å². The van der Waals surface area contributed by atoms with Crippen LogP contribution in [0.3, 0.4) is 0 Å². The van der Waals surface area contributed by atoms with Crippen LogP contribution in [0.5, 0.6) is 11.5 Å². The normalized spacial score (nSPS) is 12.1. The van der Waals surface area contributed by atoms with Crippen LogP contribution in [0.2, 0.25) is 0 Å². The molecule has 0 amide bonds. The molecule has 0 aliphatic heterocycles. The molecule has 2 aromatic rings. The van der Waals surface area contributed by atoms with Gasteiger partial charge in [0, 0.05) is 11.8 Å². The van der Waals surface area contributed by atoms with Crippen LogP contribution in [0.25, 0.3) is 0 Å². The number of benzene rings is 1. The Bertz CT molecular complexity index is 659. The number of halogens is 1. The molecular formula is C16H19BrN2O2. The van der Waals surface area contributed by atoms with Crippen molar-refractivity contribution in [1.29, 1.82) is 0 Å². The number of pyridine rings is 1. The molecule has 4 nitrogen and oxygen atoms in total. The minimum absolute atomic E-state index is 0.359. The number of hydrogen-bond acceptors (Lipinski definition) is 4. The second-order valence-corrected chi connectivity index (χ2v) is 5.69. The highest BCUT2D eigenvalue weighted by Crippen LogP contribution is 2.40. The maximum Gasteiger partial charge on any atom is 0.141 e. The largest absolute Gasteiger partial charge is 0.495 e. The van der Waals surface area contributed by atoms with Gasteiger partial charge in [0.25, 0.3) is 0 Å². The molecule has 2 rings (SSSR count). The Morgan fingerprint density at radius 1 is 1.19 bits per heavy atom. The SMILES string of the molecule is COc1ccc(C(N)c2ncc(C)cc2C)c(OC)c1Br. The summed E-state index contributed by atoms with van der Waals surface area (Å²) in [5.41, 5.74) is 10.3. The highest BCUT2D eigenvalue weighted by atomic mass is 79.9. The second kappa shape index (κ2) is 6.45. The lowest BCUT2D eigenvalue weighted by atomic mass is 9.99. The lowest BCUT2D eigenvalue weighted by Gasteiger charge is -2.19. The van der Waals surface area contributed by atoms with Crippen LogP contribution in [0, 0.1) is 13.8 Å². The molecule has 112 valence electrons. The Labute approximate surface area is 133 Å². The zero-order valence-electron chi connectivity index (χ0n) is 12.6. The molecule has 1 aromatic heterocycles. The van der Waals surface area contributed by atoms with Crippen LogP contribution in [-0.2, 0) is 0 Å². The fourth-order valence-corrected chi connectivity index (χ4v) is 3.05. The minimum atomic E-state index is -0.359. The molecule has 0 saturated carbocycles. The van der Waals surface area contributed by atoms with Crippen molar-refractivity contribution in [3.63, 3.8) is 0 Å². The van der Waals surface area contributed by atoms with Gasteiger partial charge >= 0.3 is 0 Å². The van der Waals surface area contributed by atoms with Crippen molar-refractivity contribution in [1.82, 2.24) is 4.98 Å². The van der Waals surface area contributed by atoms with Gasteiger partial charge in [0.1, 0.15) is 16.0 Å². The minimum Gasteiger partial charge on any atom is -0.495 e. The Hall–Kier alpha value is -1.59. The Kier molecular flexibility index (Phi) is 4.85. The molecule has 0 radical (unpaired) electrons. The van der Waals surface area contributed by atoms with Crippen LogP contribution >= 0.6 is 15.9 Å². The van der Waals surface area contributed by atoms with E-state index in [9.17, 15) is 0 Å². The van der Waals surface area contributed by atoms with Crippen molar-refractivity contribution in [2.45, 2.75) is 19.9 Å². The van der Waals surface area contributed by atoms with E-state index in [1.165, 1.54) is 0 Å². The predicted molar refractivity (Wildman–Crippen MR) is 87.0 cm³/mol. The average Bonchev–Trinajstić information content (AvgIpc) is 2.46. The predicted octanol–water partition coefficient (Wildman–Crippen LogP) is 3.53. The fraction of sp³-hybridized carbons (Fsp3) is 0.312. The van der Waals surface area contributed by atoms with Gasteiger partial charge in [-0.05, 0) is 53.0 Å². The van der Waals surface area contributed by atoms with Gasteiger partial charge in [-0.2, -0.15) is 0 Å². The number of hydrogen-bond donors (Lipinski definition) is 1. The Balaban J connectivity index is 2.52. The molecule has 21 heavy (non-hydrogen) atoms. The van der Waals surface area contributed by atoms with Crippen LogP contribution in [-0.4, -0.2) is 19.2 Å². The van der Waals surface area contributed by atoms with E-state index in [-0.39, 0.29) is 6.04 Å². The highest BCUT2D eigenvalue weighted by Gasteiger charge is 2.21. The molecule has 0 aliphatic rings. The highest BCUT2D eigenvalue weighted by molar-refractivity contribution is 9.10. The van der Waals surface area contributed by atoms with Gasteiger partial charge in [-0.15, -0.1) is 0 Å². The number of rotatable bonds is 4. The number of aromatic nitrogens is 1. The van der Waals surface area contributed by atoms with E-state index < -0.39 is 0 Å². The van der Waals surface area contributed by atoms with Crippen LogP contribution in [0.15, 0.2) is 28.9 Å². The molecular weight excluding hydrogens is 332 g/mol. The first kappa shape index (κ1) is 15.8. The van der Waals surface area contributed by atoms with Crippen LogP contribution in [0.4, 0.5) is 0 Å². The molecule has 5 heteroatoms. The van der Waals surface area contributed by atoms with Gasteiger partial charge < -0.3 is 15.2 Å². The van der Waals surface area contributed by atoms with Gasteiger partial charge in [0.2, 0.25) is 0 Å². The topological polar surface area (TPSA) is 57.4 Å². The summed E-state index contributed by atoms with van der Waals surface area (Å²) < 4.78 is 11.5. The first-order valence-corrected chi connectivity index (χ1v) is 7.38. The molecule has 0 fully saturated rings. The Morgan fingerprint density at radius 3 is 2.48 bits per heavy atom. The first-order chi connectivity index (χ1) is 9.99. The van der Waals surface area contributed by atoms with Gasteiger partial charge in [-0.1, -0.05) is 6.07 Å². The standard InChI is InChI=1S/C16H19BrN2O2/c1-9-7-10(2)15(19-8-9)14(18)11-5-6-12(20-3)13(17)16(11)21-4/h5-8,14H,18H2,1-4H3. The monoisotopic (exact) mass is 350 g/mol. The smallest absolute Gasteiger partial charge is 0.141 e. The van der Waals surface area contributed by atoms with E-state index in [1.807, 2.05) is 32.2 Å². The molecule has 0 bridgehead atoms. The van der Waals surface area contributed by atoms with Crippen LogP contribution in [0.1, 0.15) is 28.4 Å². The van der Waals surface area contributed by atoms with Crippen molar-refractivity contribution in [2.24, 2.45) is 5.73 Å². The maximum atomic E-state index is 6.40. The molecule has 0 spiro atoms. The first-order valence-electron chi connectivity index (χ1n) is 6.58. The molecule has 1 atom stereocenters. The number of ether oxygens (including phenoxy) is 2. The lowest BCUT2D eigenvalue weighted by molar-refractivity contribution is 0.385. The molecule has 1 heterocycles. The van der Waals surface area contributed by atoms with E-state index in [4.69, 9.17) is 15.2 Å². The van der Waals surface area contributed by atoms with Gasteiger partial charge in [-0.3, -0.25) is 4.98 Å². The van der Waals surface area contributed by atoms with Crippen molar-refractivity contribution in [2.75, 3.05) is 14.2 Å². The summed E-state index contributed by atoms with van der Waals surface area (Å²) in [6, 6.07) is 5.50. The third kappa shape index (κ3) is 3.04. The molecule has 0 saturated heterocycles. The van der Waals surface area contributed by atoms with E-state index in [0.717, 1.165) is 26.9 Å². The molecule has 1 unspecified atom stereocenters. The van der Waals surface area contributed by atoms with E-state index in [2.05, 4.69) is 27.0 Å². The fourth-order valence-electron chi connectivity index (χ4n) is 2.36. The second-order valence-electron chi connectivity index (χ2n) is 4.90. The van der Waals surface area contributed by atoms with Crippen molar-refractivity contribution < 1.29 is 9.47 Å². The zero-order valence-corrected chi connectivity index (χ0v) is 14.2. The van der Waals surface area contributed by atoms with E-state index in [0.29, 0.717) is 11.5 Å². The van der Waals surface area contributed by atoms with Gasteiger partial charge in [0.15, 0.2) is 0 Å². The lowest BCUT2D eigenvalue weighted by Crippen LogP contribution is -2.16. The third-order valence-electron chi connectivity index (χ3n) is 3.40. The van der Waals surface area contributed by atoms with E-state index >= 15 is 0 Å². The summed E-state index contributed by atoms with van der Waals surface area (Å²) in [4.78, 5) is 4.47. The summed E-state index contributed by atoms with van der Waals surface area (Å²) in [6.07, 6.45) is 1.83. The molecule has 0 aliphatic carbocycles. The number of nitrogens with zero attached hydrogens (tertiary/aromatic N) is 1. The maximum absolute atomic E-state index is 6.40. The van der Waals surface area contributed by atoms with Crippen molar-refractivity contribution in [3.8, 4) is 11.5 Å². The number of methoxy groups -OCH3 is 2. The van der Waals surface area contributed by atoms with E-state index in [1.54, 1.807) is 14.2 Å². The van der Waals surface area contributed by atoms with Crippen LogP contribution < -0.4 is 15.2 Å². The summed E-state index contributed by atoms with van der Waals surface area (Å²) in [5.74, 6) is 1.38. The Morgan fingerprint density at radius 2 is 1.90 bits per heavy atom. The summed E-state index contributed by atoms with van der Waals surface area (Å²) in [5, 5.41) is 0. The quantitative estimate of drug-likeness (QED) is 0.916. The summed E-state index contributed by atoms with van der Waals surface area (Å²) >= 11 is 3.50. The number of aryl methyl sites for hydroxylation is 2. The third-order valence-corrected chi connectivity index (χ3v) is 4.15. The molecule has 1 aromatic carbocycles. The summed E-state index contributed by atoms with van der Waals surface area (Å²) in [6.45, 7) is 4.03. The zero-order chi connectivity index (χ0) is 15.6. The molecule has 2 N–H and O–H groups in total. The average molecular weight is 351 g/mol. The summed E-state index contributed by atoms with van der Waals surface area (Å²) in [7, 11) is 3.23. The van der Waals surface area contributed by atoms with Gasteiger partial charge in [0.05, 0.1) is 26.0 Å². The number of nitrogens with two attached hydrogens (primary N) is 1. The van der Waals surface area contributed by atoms with Gasteiger partial charge in [-0.25, -0.2) is 0 Å².